The standard InChI is InChI=1S/C56H36N4/c1-3-13-39(14-4-1)55-49-35-41(37-23-25-38(26-24-37)42-29-33-48-47-19-9-12-22-53(47)60(54(48)36-42)43-15-5-2-6-16-43)30-34-50(49)57-56(58-55)40-27-31-44(32-28-40)59-51-20-10-7-17-45(51)46-18-8-11-21-52(46)59/h1-36H. The van der Waals surface area contributed by atoms with Crippen molar-refractivity contribution in [3.63, 3.8) is 0 Å². The first-order valence-electron chi connectivity index (χ1n) is 20.4. The molecule has 0 fully saturated rings. The molecule has 0 N–H and O–H groups in total. The van der Waals surface area contributed by atoms with Crippen molar-refractivity contribution in [2.24, 2.45) is 0 Å². The number of fused-ring (bicyclic) bond motifs is 7. The highest BCUT2D eigenvalue weighted by Crippen LogP contribution is 2.38. The summed E-state index contributed by atoms with van der Waals surface area (Å²) in [5.74, 6) is 0.704. The zero-order chi connectivity index (χ0) is 39.6. The number of hydrogen-bond acceptors (Lipinski definition) is 2. The maximum absolute atomic E-state index is 5.27. The van der Waals surface area contributed by atoms with Gasteiger partial charge in [0.15, 0.2) is 5.82 Å². The Morgan fingerprint density at radius 3 is 1.33 bits per heavy atom. The zero-order valence-electron chi connectivity index (χ0n) is 32.6. The van der Waals surface area contributed by atoms with Gasteiger partial charge in [0.25, 0.3) is 0 Å². The lowest BCUT2D eigenvalue weighted by Crippen LogP contribution is -1.97. The van der Waals surface area contributed by atoms with Crippen molar-refractivity contribution in [3.05, 3.63) is 218 Å². The van der Waals surface area contributed by atoms with E-state index in [1.807, 2.05) is 6.07 Å². The van der Waals surface area contributed by atoms with Crippen molar-refractivity contribution in [2.45, 2.75) is 0 Å². The fraction of sp³-hybridized carbons (Fsp3) is 0. The Hall–Kier alpha value is -8.08. The van der Waals surface area contributed by atoms with E-state index in [1.54, 1.807) is 0 Å². The molecule has 60 heavy (non-hydrogen) atoms. The second-order valence-electron chi connectivity index (χ2n) is 15.4. The summed E-state index contributed by atoms with van der Waals surface area (Å²) in [4.78, 5) is 10.4. The molecule has 12 rings (SSSR count). The van der Waals surface area contributed by atoms with Crippen LogP contribution in [-0.2, 0) is 0 Å². The number of nitrogens with zero attached hydrogens (tertiary/aromatic N) is 4. The minimum absolute atomic E-state index is 0.704. The highest BCUT2D eigenvalue weighted by atomic mass is 15.0. The number of aromatic nitrogens is 4. The molecule has 0 aliphatic heterocycles. The molecule has 3 heterocycles. The SMILES string of the molecule is c1ccc(-c2nc(-c3ccc(-n4c5ccccc5c5ccccc54)cc3)nc3ccc(-c4ccc(-c5ccc6c7ccccc7n(-c7ccccc7)c6c5)cc4)cc23)cc1. The van der Waals surface area contributed by atoms with Crippen molar-refractivity contribution in [1.82, 2.24) is 19.1 Å². The maximum atomic E-state index is 5.27. The second-order valence-corrected chi connectivity index (χ2v) is 15.4. The largest absolute Gasteiger partial charge is 0.309 e. The normalized spacial score (nSPS) is 11.7. The second kappa shape index (κ2) is 13.8. The molecule has 9 aromatic carbocycles. The zero-order valence-corrected chi connectivity index (χ0v) is 32.6. The number of para-hydroxylation sites is 4. The van der Waals surface area contributed by atoms with E-state index in [2.05, 4.69) is 221 Å². The number of benzene rings is 9. The van der Waals surface area contributed by atoms with E-state index < -0.39 is 0 Å². The van der Waals surface area contributed by atoms with Crippen LogP contribution >= 0.6 is 0 Å². The summed E-state index contributed by atoms with van der Waals surface area (Å²) >= 11 is 0. The summed E-state index contributed by atoms with van der Waals surface area (Å²) < 4.78 is 4.71. The van der Waals surface area contributed by atoms with Crippen LogP contribution in [0.15, 0.2) is 218 Å². The molecule has 0 amide bonds. The van der Waals surface area contributed by atoms with Crippen molar-refractivity contribution in [1.29, 1.82) is 0 Å². The van der Waals surface area contributed by atoms with Crippen LogP contribution in [0, 0.1) is 0 Å². The third-order valence-corrected chi connectivity index (χ3v) is 11.9. The van der Waals surface area contributed by atoms with Crippen LogP contribution in [-0.4, -0.2) is 19.1 Å². The van der Waals surface area contributed by atoms with E-state index in [4.69, 9.17) is 9.97 Å². The van der Waals surface area contributed by atoms with Crippen LogP contribution in [0.4, 0.5) is 0 Å². The summed E-state index contributed by atoms with van der Waals surface area (Å²) in [5, 5.41) is 6.03. The average molecular weight is 765 g/mol. The molecule has 0 saturated carbocycles. The average Bonchev–Trinajstić information content (AvgIpc) is 3.84. The Morgan fingerprint density at radius 2 is 0.717 bits per heavy atom. The van der Waals surface area contributed by atoms with Gasteiger partial charge in [0.2, 0.25) is 0 Å². The fourth-order valence-electron chi connectivity index (χ4n) is 9.07. The number of rotatable bonds is 6. The Balaban J connectivity index is 0.911. The first kappa shape index (κ1) is 34.0. The van der Waals surface area contributed by atoms with Gasteiger partial charge in [-0.1, -0.05) is 146 Å². The predicted octanol–water partition coefficient (Wildman–Crippen LogP) is 14.5. The van der Waals surface area contributed by atoms with E-state index in [-0.39, 0.29) is 0 Å². The summed E-state index contributed by atoms with van der Waals surface area (Å²) in [5.41, 5.74) is 15.5. The van der Waals surface area contributed by atoms with Crippen LogP contribution in [0.25, 0.3) is 111 Å². The molecule has 12 aromatic rings. The van der Waals surface area contributed by atoms with E-state index in [0.29, 0.717) is 5.82 Å². The van der Waals surface area contributed by atoms with E-state index >= 15 is 0 Å². The van der Waals surface area contributed by atoms with Gasteiger partial charge in [-0.05, 0) is 95.1 Å². The van der Waals surface area contributed by atoms with Crippen LogP contribution < -0.4 is 0 Å². The summed E-state index contributed by atoms with van der Waals surface area (Å²) in [6, 6.07) is 77.9. The smallest absolute Gasteiger partial charge is 0.160 e. The first-order valence-corrected chi connectivity index (χ1v) is 20.4. The Kier molecular flexibility index (Phi) is 7.82. The lowest BCUT2D eigenvalue weighted by molar-refractivity contribution is 1.17. The Labute approximate surface area is 346 Å². The molecule has 0 radical (unpaired) electrons. The molecular weight excluding hydrogens is 729 g/mol. The Bertz CT molecular complexity index is 3510. The fourth-order valence-corrected chi connectivity index (χ4v) is 9.07. The Morgan fingerprint density at radius 1 is 0.267 bits per heavy atom. The van der Waals surface area contributed by atoms with Gasteiger partial charge in [0.05, 0.1) is 33.3 Å². The summed E-state index contributed by atoms with van der Waals surface area (Å²) in [7, 11) is 0. The quantitative estimate of drug-likeness (QED) is 0.169. The van der Waals surface area contributed by atoms with Gasteiger partial charge >= 0.3 is 0 Å². The minimum atomic E-state index is 0.704. The molecule has 0 bridgehead atoms. The van der Waals surface area contributed by atoms with Crippen LogP contribution in [0.5, 0.6) is 0 Å². The van der Waals surface area contributed by atoms with Gasteiger partial charge < -0.3 is 9.13 Å². The van der Waals surface area contributed by atoms with Gasteiger partial charge in [-0.25, -0.2) is 9.97 Å². The predicted molar refractivity (Wildman–Crippen MR) is 250 cm³/mol. The van der Waals surface area contributed by atoms with E-state index in [1.165, 1.54) is 54.7 Å². The molecule has 0 aliphatic rings. The molecule has 4 nitrogen and oxygen atoms in total. The third-order valence-electron chi connectivity index (χ3n) is 11.9. The molecule has 0 aliphatic carbocycles. The molecule has 0 spiro atoms. The van der Waals surface area contributed by atoms with Crippen LogP contribution in [0.2, 0.25) is 0 Å². The van der Waals surface area contributed by atoms with Gasteiger partial charge in [-0.15, -0.1) is 0 Å². The maximum Gasteiger partial charge on any atom is 0.160 e. The molecular formula is C56H36N4. The highest BCUT2D eigenvalue weighted by Gasteiger charge is 2.16. The lowest BCUT2D eigenvalue weighted by atomic mass is 9.97. The monoisotopic (exact) mass is 764 g/mol. The van der Waals surface area contributed by atoms with Crippen LogP contribution in [0.3, 0.4) is 0 Å². The molecule has 280 valence electrons. The van der Waals surface area contributed by atoms with Gasteiger partial charge in [0, 0.05) is 49.4 Å². The van der Waals surface area contributed by atoms with E-state index in [0.717, 1.165) is 50.2 Å². The highest BCUT2D eigenvalue weighted by molar-refractivity contribution is 6.11. The molecule has 0 saturated heterocycles. The molecule has 0 atom stereocenters. The van der Waals surface area contributed by atoms with Crippen molar-refractivity contribution in [2.75, 3.05) is 0 Å². The first-order chi connectivity index (χ1) is 29.7. The topological polar surface area (TPSA) is 35.6 Å². The molecule has 0 unspecified atom stereocenters. The van der Waals surface area contributed by atoms with Gasteiger partial charge in [-0.3, -0.25) is 0 Å². The van der Waals surface area contributed by atoms with Crippen LogP contribution in [0.1, 0.15) is 0 Å². The lowest BCUT2D eigenvalue weighted by Gasteiger charge is -2.13. The number of hydrogen-bond donors (Lipinski definition) is 0. The molecule has 4 heteroatoms. The van der Waals surface area contributed by atoms with Crippen molar-refractivity contribution >= 4 is 54.5 Å². The minimum Gasteiger partial charge on any atom is -0.309 e. The van der Waals surface area contributed by atoms with Gasteiger partial charge in [-0.2, -0.15) is 0 Å². The molecule has 3 aromatic heterocycles. The summed E-state index contributed by atoms with van der Waals surface area (Å²) in [6.07, 6.45) is 0. The van der Waals surface area contributed by atoms with Crippen molar-refractivity contribution < 1.29 is 0 Å². The van der Waals surface area contributed by atoms with E-state index in [9.17, 15) is 0 Å². The van der Waals surface area contributed by atoms with Gasteiger partial charge in [0.1, 0.15) is 0 Å². The van der Waals surface area contributed by atoms with Crippen molar-refractivity contribution in [3.8, 4) is 56.3 Å². The third kappa shape index (κ3) is 5.53. The summed E-state index contributed by atoms with van der Waals surface area (Å²) in [6.45, 7) is 0.